The Balaban J connectivity index is 2.13. The van der Waals surface area contributed by atoms with E-state index in [1.54, 1.807) is 0 Å². The molecule has 0 bridgehead atoms. The Morgan fingerprint density at radius 1 is 0.645 bits per heavy atom. The summed E-state index contributed by atoms with van der Waals surface area (Å²) in [4.78, 5) is 0. The second-order valence-electron chi connectivity index (χ2n) is 9.49. The van der Waals surface area contributed by atoms with Gasteiger partial charge in [-0.2, -0.15) is 0 Å². The van der Waals surface area contributed by atoms with Crippen LogP contribution in [0.3, 0.4) is 0 Å². The molecule has 0 spiro atoms. The molecule has 1 aliphatic carbocycles. The summed E-state index contributed by atoms with van der Waals surface area (Å²) in [6.45, 7) is 9.22. The van der Waals surface area contributed by atoms with Crippen LogP contribution in [0.2, 0.25) is 0 Å². The van der Waals surface area contributed by atoms with Gasteiger partial charge in [-0.25, -0.2) is 0 Å². The minimum absolute atomic E-state index is 0.453. The third-order valence-corrected chi connectivity index (χ3v) is 11.0. The molecular formula is C29H36NP. The first-order chi connectivity index (χ1) is 15.0. The number of hydrogen-bond acceptors (Lipinski definition) is 1. The van der Waals surface area contributed by atoms with Crippen molar-refractivity contribution < 1.29 is 0 Å². The summed E-state index contributed by atoms with van der Waals surface area (Å²) >= 11 is 0. The lowest BCUT2D eigenvalue weighted by Crippen LogP contribution is -2.24. The molecule has 0 aromatic heterocycles. The van der Waals surface area contributed by atoms with Gasteiger partial charge in [0, 0.05) is 12.7 Å². The summed E-state index contributed by atoms with van der Waals surface area (Å²) in [5.74, 6) is 0.906. The quantitative estimate of drug-likeness (QED) is 0.349. The van der Waals surface area contributed by atoms with Gasteiger partial charge in [-0.15, -0.1) is 0 Å². The van der Waals surface area contributed by atoms with Gasteiger partial charge >= 0.3 is 0 Å². The van der Waals surface area contributed by atoms with Crippen LogP contribution in [0.4, 0.5) is 5.69 Å². The maximum absolute atomic E-state index is 5.97. The molecule has 0 aliphatic heterocycles. The van der Waals surface area contributed by atoms with Crippen molar-refractivity contribution in [3.05, 3.63) is 90.0 Å². The molecule has 0 heterocycles. The van der Waals surface area contributed by atoms with E-state index in [-0.39, 0.29) is 0 Å². The van der Waals surface area contributed by atoms with Crippen LogP contribution in [0.5, 0.6) is 0 Å². The minimum Gasteiger partial charge on any atom is -0.258 e. The highest BCUT2D eigenvalue weighted by Gasteiger charge is 2.36. The lowest BCUT2D eigenvalue weighted by Gasteiger charge is -2.33. The van der Waals surface area contributed by atoms with Crippen LogP contribution in [0.1, 0.15) is 76.3 Å². The van der Waals surface area contributed by atoms with Gasteiger partial charge in [-0.3, -0.25) is 4.74 Å². The van der Waals surface area contributed by atoms with Gasteiger partial charge in [0.15, 0.2) is 0 Å². The van der Waals surface area contributed by atoms with Crippen molar-refractivity contribution in [2.75, 3.05) is 0 Å². The Morgan fingerprint density at radius 2 is 1.10 bits per heavy atom. The van der Waals surface area contributed by atoms with Crippen LogP contribution >= 0.6 is 7.05 Å². The predicted molar refractivity (Wildman–Crippen MR) is 138 cm³/mol. The highest BCUT2D eigenvalue weighted by molar-refractivity contribution is 7.81. The molecule has 31 heavy (non-hydrogen) atoms. The van der Waals surface area contributed by atoms with E-state index in [0.717, 1.165) is 0 Å². The van der Waals surface area contributed by atoms with E-state index >= 15 is 0 Å². The first-order valence-electron chi connectivity index (χ1n) is 11.9. The standard InChI is InChI=1S/C29H36NP/c1-22(2)27-20-13-21-28(23(3)4)29(27)30-31(26-18-11-12-19-26,24-14-7-5-8-15-24)25-16-9-6-10-17-25/h5-10,13-17,20-23,26H,11-12,18-19H2,1-4H3. The zero-order chi connectivity index (χ0) is 21.8. The molecule has 162 valence electrons. The molecule has 3 aromatic rings. The lowest BCUT2D eigenvalue weighted by molar-refractivity contribution is 0.834. The van der Waals surface area contributed by atoms with Crippen LogP contribution in [0, 0.1) is 0 Å². The van der Waals surface area contributed by atoms with Gasteiger partial charge in [0.2, 0.25) is 0 Å². The van der Waals surface area contributed by atoms with E-state index in [1.807, 2.05) is 0 Å². The largest absolute Gasteiger partial charge is 0.258 e. The average Bonchev–Trinajstić information content (AvgIpc) is 3.33. The Hall–Kier alpha value is -2.11. The maximum atomic E-state index is 5.97. The topological polar surface area (TPSA) is 12.4 Å². The molecule has 1 saturated carbocycles. The van der Waals surface area contributed by atoms with Gasteiger partial charge in [-0.1, -0.05) is 119 Å². The molecule has 1 fully saturated rings. The summed E-state index contributed by atoms with van der Waals surface area (Å²) in [6, 6.07) is 29.3. The third kappa shape index (κ3) is 4.31. The van der Waals surface area contributed by atoms with Gasteiger partial charge in [0.25, 0.3) is 0 Å². The van der Waals surface area contributed by atoms with Crippen LogP contribution in [0.25, 0.3) is 0 Å². The molecule has 1 aliphatic rings. The van der Waals surface area contributed by atoms with E-state index in [1.165, 1.54) is 53.1 Å². The summed E-state index contributed by atoms with van der Waals surface area (Å²) in [7, 11) is -1.98. The molecule has 0 saturated heterocycles. The lowest BCUT2D eigenvalue weighted by atomic mass is 9.93. The Morgan fingerprint density at radius 3 is 1.52 bits per heavy atom. The molecule has 3 aromatic carbocycles. The van der Waals surface area contributed by atoms with Crippen LogP contribution in [-0.4, -0.2) is 5.66 Å². The predicted octanol–water partition coefficient (Wildman–Crippen LogP) is 8.36. The van der Waals surface area contributed by atoms with Gasteiger partial charge in [0.05, 0.1) is 5.69 Å². The highest BCUT2D eigenvalue weighted by atomic mass is 31.2. The van der Waals surface area contributed by atoms with Crippen molar-refractivity contribution in [1.82, 2.24) is 0 Å². The van der Waals surface area contributed by atoms with Crippen LogP contribution < -0.4 is 10.6 Å². The zero-order valence-electron chi connectivity index (χ0n) is 19.5. The van der Waals surface area contributed by atoms with E-state index in [0.29, 0.717) is 17.5 Å². The van der Waals surface area contributed by atoms with Crippen LogP contribution in [0.15, 0.2) is 83.6 Å². The first-order valence-corrected chi connectivity index (χ1v) is 13.7. The molecule has 2 heteroatoms. The van der Waals surface area contributed by atoms with Crippen molar-refractivity contribution >= 4 is 23.4 Å². The van der Waals surface area contributed by atoms with Gasteiger partial charge < -0.3 is 0 Å². The normalized spacial score (nSPS) is 15.0. The fourth-order valence-corrected chi connectivity index (χ4v) is 9.59. The summed E-state index contributed by atoms with van der Waals surface area (Å²) in [5, 5.41) is 2.86. The van der Waals surface area contributed by atoms with E-state index < -0.39 is 7.05 Å². The number of benzene rings is 3. The highest BCUT2D eigenvalue weighted by Crippen LogP contribution is 2.60. The molecule has 1 nitrogen and oxygen atoms in total. The fourth-order valence-electron chi connectivity index (χ4n) is 5.14. The molecule has 0 N–H and O–H groups in total. The number of nitrogens with zero attached hydrogens (tertiary/aromatic N) is 1. The van der Waals surface area contributed by atoms with Gasteiger partial charge in [-0.05, 0) is 46.4 Å². The third-order valence-electron chi connectivity index (χ3n) is 6.75. The molecule has 0 atom stereocenters. The second kappa shape index (κ2) is 9.58. The Labute approximate surface area is 189 Å². The average molecular weight is 430 g/mol. The number of hydrogen-bond donors (Lipinski definition) is 0. The van der Waals surface area contributed by atoms with Crippen molar-refractivity contribution in [3.63, 3.8) is 0 Å². The minimum atomic E-state index is -1.98. The van der Waals surface area contributed by atoms with Crippen molar-refractivity contribution in [2.24, 2.45) is 4.74 Å². The van der Waals surface area contributed by atoms with Gasteiger partial charge in [0.1, 0.15) is 0 Å². The SMILES string of the molecule is CC(C)c1cccc(C(C)C)c1N=P(c1ccccc1)(c1ccccc1)C1CCCC1. The molecule has 4 rings (SSSR count). The smallest absolute Gasteiger partial charge is 0.0690 e. The Bertz CT molecular complexity index is 975. The number of rotatable bonds is 6. The summed E-state index contributed by atoms with van der Waals surface area (Å²) in [5.41, 5.74) is 4.67. The first kappa shape index (κ1) is 22.1. The van der Waals surface area contributed by atoms with Crippen molar-refractivity contribution in [2.45, 2.75) is 70.9 Å². The molecular weight excluding hydrogens is 393 g/mol. The summed E-state index contributed by atoms with van der Waals surface area (Å²) in [6.07, 6.45) is 5.21. The Kier molecular flexibility index (Phi) is 6.83. The fraction of sp³-hybridized carbons (Fsp3) is 0.379. The second-order valence-corrected chi connectivity index (χ2v) is 12.8. The van der Waals surface area contributed by atoms with Crippen LogP contribution in [-0.2, 0) is 0 Å². The summed E-state index contributed by atoms with van der Waals surface area (Å²) < 4.78 is 5.97. The zero-order valence-corrected chi connectivity index (χ0v) is 20.4. The van der Waals surface area contributed by atoms with E-state index in [9.17, 15) is 0 Å². The molecule has 0 radical (unpaired) electrons. The maximum Gasteiger partial charge on any atom is 0.0690 e. The monoisotopic (exact) mass is 429 g/mol. The van der Waals surface area contributed by atoms with E-state index in [4.69, 9.17) is 4.74 Å². The molecule has 0 unspecified atom stereocenters. The van der Waals surface area contributed by atoms with E-state index in [2.05, 4.69) is 107 Å². The molecule has 0 amide bonds. The van der Waals surface area contributed by atoms with Crippen molar-refractivity contribution in [1.29, 1.82) is 0 Å². The van der Waals surface area contributed by atoms with Crippen molar-refractivity contribution in [3.8, 4) is 0 Å².